The average Bonchev–Trinajstić information content (AvgIpc) is 2.33. The van der Waals surface area contributed by atoms with Crippen molar-refractivity contribution in [3.8, 4) is 0 Å². The second-order valence-electron chi connectivity index (χ2n) is 4.20. The van der Waals surface area contributed by atoms with Gasteiger partial charge in [0.05, 0.1) is 6.42 Å². The number of rotatable bonds is 0. The number of allylic oxidation sites excluding steroid dienone is 1. The highest BCUT2D eigenvalue weighted by molar-refractivity contribution is 5.10. The molecule has 12 heavy (non-hydrogen) atoms. The first kappa shape index (κ1) is 7.68. The summed E-state index contributed by atoms with van der Waals surface area (Å²) in [6.07, 6.45) is 3.11. The Morgan fingerprint density at radius 1 is 1.58 bits per heavy atom. The van der Waals surface area contributed by atoms with Crippen LogP contribution in [-0.4, -0.2) is 10.1 Å². The van der Waals surface area contributed by atoms with Crippen LogP contribution in [0.15, 0.2) is 34.5 Å². The topological polar surface area (TPSA) is 24.7 Å². The average molecular weight is 164 g/mol. The van der Waals surface area contributed by atoms with Crippen LogP contribution in [0.25, 0.3) is 0 Å². The fraction of sp³-hybridized carbons (Fsp3) is 0.556. The van der Waals surface area contributed by atoms with E-state index < -0.39 is 0 Å². The quantitative estimate of drug-likeness (QED) is 0.492. The first-order valence-electron chi connectivity index (χ1n) is 4.18. The normalized spacial score (nSPS) is 36.9. The van der Waals surface area contributed by atoms with Gasteiger partial charge in [0, 0.05) is 5.22 Å². The number of nitrogens with zero attached hydrogens (tertiary/aromatic N) is 3. The monoisotopic (exact) mass is 164 g/mol. The van der Waals surface area contributed by atoms with Gasteiger partial charge in [0.1, 0.15) is 16.9 Å². The number of hydrogen-bond acceptors (Lipinski definition) is 2. The van der Waals surface area contributed by atoms with E-state index in [1.54, 1.807) is 0 Å². The molecule has 64 valence electrons. The van der Waals surface area contributed by atoms with E-state index in [1.165, 1.54) is 0 Å². The molecule has 0 aliphatic carbocycles. The van der Waals surface area contributed by atoms with E-state index in [4.69, 9.17) is 0 Å². The van der Waals surface area contributed by atoms with Gasteiger partial charge in [-0.1, -0.05) is 5.11 Å². The highest BCUT2D eigenvalue weighted by Crippen LogP contribution is 2.50. The van der Waals surface area contributed by atoms with E-state index >= 15 is 0 Å². The molecule has 2 aliphatic heterocycles. The number of hydrogen-bond donors (Lipinski definition) is 0. The summed E-state index contributed by atoms with van der Waals surface area (Å²) >= 11 is 0. The minimum Gasteiger partial charge on any atom is -0.118 e. The van der Waals surface area contributed by atoms with Crippen LogP contribution in [0.4, 0.5) is 0 Å². The summed E-state index contributed by atoms with van der Waals surface area (Å²) in [5, 5.41) is 8.31. The van der Waals surface area contributed by atoms with Crippen LogP contribution in [0, 0.1) is 0 Å². The Labute approximate surface area is 72.7 Å². The molecule has 0 aromatic rings. The summed E-state index contributed by atoms with van der Waals surface area (Å²) in [6, 6.07) is 0. The van der Waals surface area contributed by atoms with Gasteiger partial charge in [0.15, 0.2) is 6.20 Å². The molecule has 1 spiro atoms. The van der Waals surface area contributed by atoms with Gasteiger partial charge in [0.25, 0.3) is 0 Å². The summed E-state index contributed by atoms with van der Waals surface area (Å²) in [6.45, 7) is 10.4. The second kappa shape index (κ2) is 1.85. The van der Waals surface area contributed by atoms with Crippen molar-refractivity contribution >= 4 is 0 Å². The minimum absolute atomic E-state index is 0.151. The molecule has 1 unspecified atom stereocenters. The maximum Gasteiger partial charge on any atom is 0.153 e. The van der Waals surface area contributed by atoms with Crippen LogP contribution in [-0.2, 0) is 0 Å². The van der Waals surface area contributed by atoms with Crippen LogP contribution in [0.5, 0.6) is 0 Å². The van der Waals surface area contributed by atoms with E-state index in [1.807, 2.05) is 6.92 Å². The Hall–Kier alpha value is -0.960. The lowest BCUT2D eigenvalue weighted by atomic mass is 9.85. The van der Waals surface area contributed by atoms with Crippen LogP contribution in [0.1, 0.15) is 27.2 Å². The predicted molar refractivity (Wildman–Crippen MR) is 46.7 cm³/mol. The van der Waals surface area contributed by atoms with Crippen LogP contribution in [0.2, 0.25) is 0 Å². The van der Waals surface area contributed by atoms with Crippen molar-refractivity contribution in [2.45, 2.75) is 32.7 Å². The molecule has 0 N–H and O–H groups in total. The van der Waals surface area contributed by atoms with Gasteiger partial charge in [-0.05, 0) is 27.4 Å². The van der Waals surface area contributed by atoms with E-state index in [9.17, 15) is 0 Å². The number of quaternary nitrogens is 1. The van der Waals surface area contributed by atoms with Crippen LogP contribution in [0.3, 0.4) is 0 Å². The van der Waals surface area contributed by atoms with Gasteiger partial charge in [-0.3, -0.25) is 0 Å². The molecular weight excluding hydrogens is 150 g/mol. The third-order valence-electron chi connectivity index (χ3n) is 2.76. The third-order valence-corrected chi connectivity index (χ3v) is 2.76. The van der Waals surface area contributed by atoms with Crippen molar-refractivity contribution in [2.75, 3.05) is 0 Å². The minimum atomic E-state index is 0.151. The summed E-state index contributed by atoms with van der Waals surface area (Å²) in [5.41, 5.74) is 2.28. The predicted octanol–water partition coefficient (Wildman–Crippen LogP) is 2.74. The van der Waals surface area contributed by atoms with E-state index in [-0.39, 0.29) is 5.54 Å². The molecule has 3 heteroatoms. The van der Waals surface area contributed by atoms with Gasteiger partial charge in [-0.25, -0.2) is 0 Å². The Morgan fingerprint density at radius 2 is 2.25 bits per heavy atom. The highest BCUT2D eigenvalue weighted by atomic mass is 15.8. The van der Waals surface area contributed by atoms with Crippen molar-refractivity contribution in [3.63, 3.8) is 0 Å². The molecule has 0 amide bonds. The lowest BCUT2D eigenvalue weighted by Crippen LogP contribution is -2.61. The standard InChI is InChI=1S/C9H14N3/c1-7-6-12(11-10-7)8(2)5-9(12,3)4/h6H,2,5H2,1,3-4H3/q+1. The molecule has 2 aliphatic rings. The molecule has 1 saturated heterocycles. The molecule has 0 aromatic heterocycles. The van der Waals surface area contributed by atoms with E-state index in [2.05, 4.69) is 37.0 Å². The third kappa shape index (κ3) is 0.648. The molecule has 0 aromatic carbocycles. The maximum atomic E-state index is 4.26. The fourth-order valence-electron chi connectivity index (χ4n) is 1.99. The zero-order valence-corrected chi connectivity index (χ0v) is 7.83. The largest absolute Gasteiger partial charge is 0.153 e. The molecular formula is C9H14N3+. The lowest BCUT2D eigenvalue weighted by molar-refractivity contribution is -0.937. The Balaban J connectivity index is 2.46. The fourth-order valence-corrected chi connectivity index (χ4v) is 1.99. The molecule has 1 atom stereocenters. The second-order valence-corrected chi connectivity index (χ2v) is 4.20. The van der Waals surface area contributed by atoms with Crippen molar-refractivity contribution in [1.82, 2.24) is 0 Å². The van der Waals surface area contributed by atoms with Crippen LogP contribution < -0.4 is 0 Å². The molecule has 3 nitrogen and oxygen atoms in total. The molecule has 2 heterocycles. The van der Waals surface area contributed by atoms with E-state index in [0.29, 0.717) is 4.59 Å². The molecule has 0 saturated carbocycles. The summed E-state index contributed by atoms with van der Waals surface area (Å²) in [4.78, 5) is 0. The SMILES string of the molecule is C=C1CC(C)(C)[N+]12C=C(C)N=N2. The van der Waals surface area contributed by atoms with Crippen molar-refractivity contribution in [3.05, 3.63) is 24.2 Å². The maximum absolute atomic E-state index is 4.26. The van der Waals surface area contributed by atoms with Gasteiger partial charge in [-0.2, -0.15) is 0 Å². The Bertz CT molecular complexity index is 312. The van der Waals surface area contributed by atoms with Crippen LogP contribution >= 0.6 is 0 Å². The lowest BCUT2D eigenvalue weighted by Gasteiger charge is -2.48. The van der Waals surface area contributed by atoms with Crippen molar-refractivity contribution < 1.29 is 4.59 Å². The molecule has 0 radical (unpaired) electrons. The Kier molecular flexibility index (Phi) is 1.19. The smallest absolute Gasteiger partial charge is 0.118 e. The summed E-state index contributed by atoms with van der Waals surface area (Å²) in [7, 11) is 0. The summed E-state index contributed by atoms with van der Waals surface area (Å²) in [5.74, 6) is 0. The first-order valence-corrected chi connectivity index (χ1v) is 4.18. The molecule has 0 bridgehead atoms. The molecule has 2 rings (SSSR count). The Morgan fingerprint density at radius 3 is 2.50 bits per heavy atom. The van der Waals surface area contributed by atoms with E-state index in [0.717, 1.165) is 17.8 Å². The van der Waals surface area contributed by atoms with Crippen molar-refractivity contribution in [2.24, 2.45) is 10.3 Å². The molecule has 1 fully saturated rings. The van der Waals surface area contributed by atoms with Gasteiger partial charge in [-0.15, -0.1) is 4.59 Å². The van der Waals surface area contributed by atoms with Gasteiger partial charge >= 0.3 is 0 Å². The zero-order valence-electron chi connectivity index (χ0n) is 7.83. The van der Waals surface area contributed by atoms with Gasteiger partial charge < -0.3 is 0 Å². The summed E-state index contributed by atoms with van der Waals surface area (Å²) < 4.78 is 0.527. The van der Waals surface area contributed by atoms with Crippen molar-refractivity contribution in [1.29, 1.82) is 0 Å². The first-order chi connectivity index (χ1) is 5.48. The highest BCUT2D eigenvalue weighted by Gasteiger charge is 2.60. The van der Waals surface area contributed by atoms with Gasteiger partial charge in [0.2, 0.25) is 0 Å². The zero-order chi connectivity index (χ0) is 8.98.